The van der Waals surface area contributed by atoms with Gasteiger partial charge in [0.2, 0.25) is 5.91 Å². The van der Waals surface area contributed by atoms with Gasteiger partial charge in [-0.25, -0.2) is 13.2 Å². The van der Waals surface area contributed by atoms with E-state index in [-0.39, 0.29) is 18.1 Å². The highest BCUT2D eigenvalue weighted by Gasteiger charge is 2.28. The summed E-state index contributed by atoms with van der Waals surface area (Å²) < 4.78 is 24.5. The van der Waals surface area contributed by atoms with E-state index in [1.807, 2.05) is 0 Å². The molecule has 0 aliphatic carbocycles. The first kappa shape index (κ1) is 14.5. The summed E-state index contributed by atoms with van der Waals surface area (Å²) in [4.78, 5) is 34.7. The Bertz CT molecular complexity index is 746. The zero-order valence-corrected chi connectivity index (χ0v) is 11.7. The smallest absolute Gasteiger partial charge is 0.331 e. The highest BCUT2D eigenvalue weighted by molar-refractivity contribution is 7.91. The molecule has 2 rings (SSSR count). The lowest BCUT2D eigenvalue weighted by Gasteiger charge is -2.12. The Morgan fingerprint density at radius 1 is 1.45 bits per heavy atom. The number of nitrogens with one attached hydrogen (secondary N) is 1. The average Bonchev–Trinajstić information content (AvgIpc) is 2.69. The quantitative estimate of drug-likeness (QED) is 0.685. The molecule has 1 amide bonds. The van der Waals surface area contributed by atoms with Gasteiger partial charge in [-0.3, -0.25) is 18.7 Å². The molecule has 1 aliphatic rings. The van der Waals surface area contributed by atoms with Crippen LogP contribution in [0.25, 0.3) is 0 Å². The van der Waals surface area contributed by atoms with Gasteiger partial charge < -0.3 is 5.32 Å². The molecule has 9 heteroatoms. The van der Waals surface area contributed by atoms with Crippen LogP contribution in [0.4, 0.5) is 0 Å². The van der Waals surface area contributed by atoms with Crippen molar-refractivity contribution in [3.8, 4) is 0 Å². The molecule has 1 aromatic heterocycles. The molecule has 1 fully saturated rings. The van der Waals surface area contributed by atoms with Crippen molar-refractivity contribution >= 4 is 15.7 Å². The van der Waals surface area contributed by atoms with Gasteiger partial charge in [0.05, 0.1) is 11.5 Å². The van der Waals surface area contributed by atoms with Gasteiger partial charge in [0.1, 0.15) is 6.54 Å². The van der Waals surface area contributed by atoms with Gasteiger partial charge >= 0.3 is 5.69 Å². The molecule has 0 radical (unpaired) electrons. The van der Waals surface area contributed by atoms with Gasteiger partial charge in [0, 0.05) is 25.4 Å². The Labute approximate surface area is 114 Å². The fourth-order valence-electron chi connectivity index (χ4n) is 2.07. The molecular formula is C11H15N3O5S. The highest BCUT2D eigenvalue weighted by Crippen LogP contribution is 2.10. The van der Waals surface area contributed by atoms with Crippen LogP contribution in [-0.4, -0.2) is 41.0 Å². The van der Waals surface area contributed by atoms with Crippen molar-refractivity contribution in [1.29, 1.82) is 0 Å². The van der Waals surface area contributed by atoms with Gasteiger partial charge in [-0.15, -0.1) is 0 Å². The van der Waals surface area contributed by atoms with E-state index in [1.54, 1.807) is 0 Å². The van der Waals surface area contributed by atoms with Gasteiger partial charge in [-0.2, -0.15) is 0 Å². The number of hydrogen-bond acceptors (Lipinski definition) is 5. The van der Waals surface area contributed by atoms with E-state index < -0.39 is 33.0 Å². The number of sulfone groups is 1. The minimum Gasteiger partial charge on any atom is -0.351 e. The average molecular weight is 301 g/mol. The Hall–Kier alpha value is -1.90. The van der Waals surface area contributed by atoms with E-state index in [1.165, 1.54) is 19.3 Å². The maximum atomic E-state index is 11.8. The van der Waals surface area contributed by atoms with Crippen LogP contribution in [0.3, 0.4) is 0 Å². The first-order valence-electron chi connectivity index (χ1n) is 6.05. The molecular weight excluding hydrogens is 286 g/mol. The molecule has 20 heavy (non-hydrogen) atoms. The van der Waals surface area contributed by atoms with Crippen LogP contribution in [0.15, 0.2) is 21.9 Å². The molecule has 0 saturated carbocycles. The van der Waals surface area contributed by atoms with Crippen LogP contribution >= 0.6 is 0 Å². The van der Waals surface area contributed by atoms with Crippen molar-refractivity contribution in [2.45, 2.75) is 19.0 Å². The van der Waals surface area contributed by atoms with Crippen LogP contribution in [0.2, 0.25) is 0 Å². The molecule has 110 valence electrons. The summed E-state index contributed by atoms with van der Waals surface area (Å²) in [6.07, 6.45) is 1.63. The van der Waals surface area contributed by atoms with E-state index in [0.717, 1.165) is 9.13 Å². The number of hydrogen-bond donors (Lipinski definition) is 1. The lowest BCUT2D eigenvalue weighted by molar-refractivity contribution is -0.122. The van der Waals surface area contributed by atoms with Crippen LogP contribution in [-0.2, 0) is 28.2 Å². The maximum Gasteiger partial charge on any atom is 0.331 e. The maximum absolute atomic E-state index is 11.8. The van der Waals surface area contributed by atoms with E-state index in [0.29, 0.717) is 6.42 Å². The number of nitrogens with zero attached hydrogens (tertiary/aromatic N) is 2. The molecule has 0 bridgehead atoms. The molecule has 2 heterocycles. The van der Waals surface area contributed by atoms with E-state index in [4.69, 9.17) is 0 Å². The molecule has 1 aromatic rings. The third-order valence-electron chi connectivity index (χ3n) is 3.17. The van der Waals surface area contributed by atoms with Crippen LogP contribution < -0.4 is 16.6 Å². The van der Waals surface area contributed by atoms with Crippen LogP contribution in [0, 0.1) is 0 Å². The minimum atomic E-state index is -3.06. The van der Waals surface area contributed by atoms with E-state index in [2.05, 4.69) is 5.32 Å². The van der Waals surface area contributed by atoms with Gasteiger partial charge in [-0.05, 0) is 6.42 Å². The summed E-state index contributed by atoms with van der Waals surface area (Å²) in [5.41, 5.74) is -1.04. The number of aromatic nitrogens is 2. The van der Waals surface area contributed by atoms with E-state index in [9.17, 15) is 22.8 Å². The Morgan fingerprint density at radius 3 is 2.75 bits per heavy atom. The SMILES string of the molecule is Cn1c(=O)ccn(CC(=O)NC2CCS(=O)(=O)C2)c1=O. The molecule has 1 unspecified atom stereocenters. The Morgan fingerprint density at radius 2 is 2.15 bits per heavy atom. The first-order valence-corrected chi connectivity index (χ1v) is 7.87. The molecule has 1 atom stereocenters. The Balaban J connectivity index is 2.04. The molecule has 1 saturated heterocycles. The van der Waals surface area contributed by atoms with Crippen molar-refractivity contribution in [1.82, 2.24) is 14.5 Å². The first-order chi connectivity index (χ1) is 9.28. The normalized spacial score (nSPS) is 20.8. The monoisotopic (exact) mass is 301 g/mol. The number of carbonyl (C=O) groups is 1. The summed E-state index contributed by atoms with van der Waals surface area (Å²) in [6.45, 7) is -0.247. The highest BCUT2D eigenvalue weighted by atomic mass is 32.2. The lowest BCUT2D eigenvalue weighted by atomic mass is 10.2. The summed E-state index contributed by atoms with van der Waals surface area (Å²) in [7, 11) is -1.74. The second-order valence-electron chi connectivity index (χ2n) is 4.79. The summed E-state index contributed by atoms with van der Waals surface area (Å²) in [5.74, 6) is -0.452. The molecule has 0 spiro atoms. The van der Waals surface area contributed by atoms with Gasteiger partial charge in [0.15, 0.2) is 9.84 Å². The lowest BCUT2D eigenvalue weighted by Crippen LogP contribution is -2.42. The predicted octanol–water partition coefficient (Wildman–Crippen LogP) is -2.15. The second-order valence-corrected chi connectivity index (χ2v) is 7.02. The van der Waals surface area contributed by atoms with Crippen LogP contribution in [0.1, 0.15) is 6.42 Å². The fraction of sp³-hybridized carbons (Fsp3) is 0.545. The molecule has 8 nitrogen and oxygen atoms in total. The molecule has 0 aromatic carbocycles. The molecule has 1 N–H and O–H groups in total. The number of amides is 1. The second kappa shape index (κ2) is 5.23. The topological polar surface area (TPSA) is 107 Å². The predicted molar refractivity (Wildman–Crippen MR) is 71.1 cm³/mol. The number of carbonyl (C=O) groups excluding carboxylic acids is 1. The zero-order chi connectivity index (χ0) is 14.9. The minimum absolute atomic E-state index is 0.0672. The zero-order valence-electron chi connectivity index (χ0n) is 10.9. The Kier molecular flexibility index (Phi) is 3.80. The van der Waals surface area contributed by atoms with E-state index >= 15 is 0 Å². The third kappa shape index (κ3) is 3.16. The summed E-state index contributed by atoms with van der Waals surface area (Å²) in [6, 6.07) is 0.782. The molecule has 1 aliphatic heterocycles. The number of rotatable bonds is 3. The summed E-state index contributed by atoms with van der Waals surface area (Å²) in [5, 5.41) is 2.58. The van der Waals surface area contributed by atoms with Crippen molar-refractivity contribution in [2.75, 3.05) is 11.5 Å². The van der Waals surface area contributed by atoms with Crippen molar-refractivity contribution in [3.05, 3.63) is 33.1 Å². The standard InChI is InChI=1S/C11H15N3O5S/c1-13-10(16)2-4-14(11(13)17)6-9(15)12-8-3-5-20(18,19)7-8/h2,4,8H,3,5-7H2,1H3,(H,12,15). The summed E-state index contributed by atoms with van der Waals surface area (Å²) >= 11 is 0. The van der Waals surface area contributed by atoms with Crippen LogP contribution in [0.5, 0.6) is 0 Å². The van der Waals surface area contributed by atoms with Gasteiger partial charge in [0.25, 0.3) is 5.56 Å². The third-order valence-corrected chi connectivity index (χ3v) is 4.94. The largest absolute Gasteiger partial charge is 0.351 e. The fourth-order valence-corrected chi connectivity index (χ4v) is 3.75. The van der Waals surface area contributed by atoms with Crippen molar-refractivity contribution < 1.29 is 13.2 Å². The van der Waals surface area contributed by atoms with Gasteiger partial charge in [-0.1, -0.05) is 0 Å². The van der Waals surface area contributed by atoms with Crippen molar-refractivity contribution in [3.63, 3.8) is 0 Å². The van der Waals surface area contributed by atoms with Crippen molar-refractivity contribution in [2.24, 2.45) is 7.05 Å².